The number of unbranched alkanes of at least 4 members (excludes halogenated alkanes) is 1. The first-order valence-electron chi connectivity index (χ1n) is 9.25. The van der Waals surface area contributed by atoms with Gasteiger partial charge in [-0.1, -0.05) is 13.3 Å². The molecule has 1 aliphatic heterocycles. The van der Waals surface area contributed by atoms with E-state index in [1.807, 2.05) is 18.7 Å². The van der Waals surface area contributed by atoms with Crippen molar-refractivity contribution in [1.29, 1.82) is 0 Å². The van der Waals surface area contributed by atoms with Crippen molar-refractivity contribution in [3.63, 3.8) is 0 Å². The maximum absolute atomic E-state index is 12.1. The van der Waals surface area contributed by atoms with Crippen LogP contribution in [0.4, 0.5) is 16.3 Å². The summed E-state index contributed by atoms with van der Waals surface area (Å²) < 4.78 is 5.26. The molecule has 0 radical (unpaired) electrons. The monoisotopic (exact) mass is 364 g/mol. The lowest BCUT2D eigenvalue weighted by Crippen LogP contribution is -2.48. The van der Waals surface area contributed by atoms with Crippen LogP contribution in [0.2, 0.25) is 0 Å². The van der Waals surface area contributed by atoms with Crippen LogP contribution in [0.3, 0.4) is 0 Å². The zero-order chi connectivity index (χ0) is 19.1. The Morgan fingerprint density at radius 3 is 2.73 bits per heavy atom. The highest BCUT2D eigenvalue weighted by atomic mass is 16.6. The van der Waals surface area contributed by atoms with Crippen molar-refractivity contribution < 1.29 is 14.5 Å². The normalized spacial score (nSPS) is 15.2. The lowest BCUT2D eigenvalue weighted by Gasteiger charge is -2.38. The number of carbonyl (C=O) groups is 1. The number of hydrogen-bond acceptors (Lipinski definition) is 6. The standard InChI is InChI=1S/C18H28N4O4/c1-4-5-11-21(17-16(22(24)25)7-6-10-19-17)15-8-12-20(13-9-15)18(23)26-14(2)3/h6-7,10,14-15H,4-5,8-9,11-13H2,1-3H3. The van der Waals surface area contributed by atoms with Gasteiger partial charge in [-0.05, 0) is 39.2 Å². The summed E-state index contributed by atoms with van der Waals surface area (Å²) in [6.07, 6.45) is 4.57. The van der Waals surface area contributed by atoms with Crippen LogP contribution >= 0.6 is 0 Å². The SMILES string of the molecule is CCCCN(c1ncccc1[N+](=O)[O-])C1CCN(C(=O)OC(C)C)CC1. The number of pyridine rings is 1. The van der Waals surface area contributed by atoms with Crippen LogP contribution in [-0.4, -0.2) is 52.7 Å². The van der Waals surface area contributed by atoms with Gasteiger partial charge in [0.1, 0.15) is 0 Å². The third-order valence-electron chi connectivity index (χ3n) is 4.49. The predicted molar refractivity (Wildman–Crippen MR) is 99.4 cm³/mol. The molecule has 26 heavy (non-hydrogen) atoms. The first kappa shape index (κ1) is 19.9. The Kier molecular flexibility index (Phi) is 7.17. The molecule has 8 heteroatoms. The van der Waals surface area contributed by atoms with Crippen molar-refractivity contribution >= 4 is 17.6 Å². The fourth-order valence-corrected chi connectivity index (χ4v) is 3.18. The molecule has 1 amide bonds. The van der Waals surface area contributed by atoms with E-state index in [1.165, 1.54) is 6.07 Å². The van der Waals surface area contributed by atoms with Gasteiger partial charge in [0.05, 0.1) is 11.0 Å². The van der Waals surface area contributed by atoms with Gasteiger partial charge >= 0.3 is 11.8 Å². The van der Waals surface area contributed by atoms with E-state index < -0.39 is 0 Å². The first-order chi connectivity index (χ1) is 12.4. The molecule has 2 heterocycles. The van der Waals surface area contributed by atoms with Gasteiger partial charge in [0.15, 0.2) is 0 Å². The van der Waals surface area contributed by atoms with Crippen molar-refractivity contribution in [3.05, 3.63) is 28.4 Å². The van der Waals surface area contributed by atoms with Crippen molar-refractivity contribution in [1.82, 2.24) is 9.88 Å². The fraction of sp³-hybridized carbons (Fsp3) is 0.667. The topological polar surface area (TPSA) is 88.8 Å². The fourth-order valence-electron chi connectivity index (χ4n) is 3.18. The van der Waals surface area contributed by atoms with Gasteiger partial charge in [-0.15, -0.1) is 0 Å². The Morgan fingerprint density at radius 1 is 1.46 bits per heavy atom. The zero-order valence-electron chi connectivity index (χ0n) is 15.8. The molecule has 1 fully saturated rings. The molecular formula is C18H28N4O4. The molecule has 0 unspecified atom stereocenters. The number of aromatic nitrogens is 1. The van der Waals surface area contributed by atoms with Gasteiger partial charge in [0.2, 0.25) is 5.82 Å². The Morgan fingerprint density at radius 2 is 2.15 bits per heavy atom. The van der Waals surface area contributed by atoms with Crippen LogP contribution in [0.1, 0.15) is 46.5 Å². The predicted octanol–water partition coefficient (Wildman–Crippen LogP) is 3.61. The summed E-state index contributed by atoms with van der Waals surface area (Å²) in [5.41, 5.74) is 0.0326. The highest BCUT2D eigenvalue weighted by molar-refractivity contribution is 5.68. The van der Waals surface area contributed by atoms with Crippen molar-refractivity contribution in [2.45, 2.75) is 58.6 Å². The number of anilines is 1. The van der Waals surface area contributed by atoms with Gasteiger partial charge in [-0.2, -0.15) is 0 Å². The van der Waals surface area contributed by atoms with E-state index in [-0.39, 0.29) is 28.8 Å². The quantitative estimate of drug-likeness (QED) is 0.542. The van der Waals surface area contributed by atoms with Crippen LogP contribution in [0.5, 0.6) is 0 Å². The summed E-state index contributed by atoms with van der Waals surface area (Å²) in [4.78, 5) is 31.1. The highest BCUT2D eigenvalue weighted by Gasteiger charge is 2.31. The van der Waals surface area contributed by atoms with Crippen LogP contribution in [0.25, 0.3) is 0 Å². The van der Waals surface area contributed by atoms with E-state index in [4.69, 9.17) is 4.74 Å². The Hall–Kier alpha value is -2.38. The number of piperidine rings is 1. The van der Waals surface area contributed by atoms with Gasteiger partial charge in [-0.3, -0.25) is 10.1 Å². The maximum atomic E-state index is 12.1. The van der Waals surface area contributed by atoms with E-state index in [0.29, 0.717) is 18.9 Å². The molecule has 0 aromatic carbocycles. The summed E-state index contributed by atoms with van der Waals surface area (Å²) in [6, 6.07) is 3.21. The number of nitro groups is 1. The average molecular weight is 364 g/mol. The van der Waals surface area contributed by atoms with Gasteiger partial charge < -0.3 is 14.5 Å². The number of hydrogen-bond donors (Lipinski definition) is 0. The maximum Gasteiger partial charge on any atom is 0.410 e. The molecule has 0 saturated carbocycles. The van der Waals surface area contributed by atoms with Crippen LogP contribution in [-0.2, 0) is 4.74 Å². The summed E-state index contributed by atoms with van der Waals surface area (Å²) in [5, 5.41) is 11.4. The third-order valence-corrected chi connectivity index (χ3v) is 4.49. The molecule has 0 bridgehead atoms. The number of nitrogens with zero attached hydrogens (tertiary/aromatic N) is 4. The molecular weight excluding hydrogens is 336 g/mol. The summed E-state index contributed by atoms with van der Waals surface area (Å²) in [6.45, 7) is 7.64. The zero-order valence-corrected chi connectivity index (χ0v) is 15.8. The number of likely N-dealkylation sites (tertiary alicyclic amines) is 1. The summed E-state index contributed by atoms with van der Waals surface area (Å²) in [7, 11) is 0. The van der Waals surface area contributed by atoms with Gasteiger partial charge in [-0.25, -0.2) is 9.78 Å². The number of rotatable bonds is 7. The highest BCUT2D eigenvalue weighted by Crippen LogP contribution is 2.30. The Labute approximate surface area is 154 Å². The molecule has 1 aromatic heterocycles. The second kappa shape index (κ2) is 9.35. The average Bonchev–Trinajstić information content (AvgIpc) is 2.62. The van der Waals surface area contributed by atoms with Crippen molar-refractivity contribution in [3.8, 4) is 0 Å². The Balaban J connectivity index is 2.12. The van der Waals surface area contributed by atoms with Crippen LogP contribution < -0.4 is 4.90 Å². The van der Waals surface area contributed by atoms with E-state index >= 15 is 0 Å². The van der Waals surface area contributed by atoms with Crippen molar-refractivity contribution in [2.75, 3.05) is 24.5 Å². The lowest BCUT2D eigenvalue weighted by molar-refractivity contribution is -0.384. The molecule has 1 aliphatic rings. The van der Waals surface area contributed by atoms with E-state index in [1.54, 1.807) is 17.2 Å². The molecule has 8 nitrogen and oxygen atoms in total. The van der Waals surface area contributed by atoms with Gasteiger partial charge in [0.25, 0.3) is 0 Å². The number of amides is 1. The second-order valence-corrected chi connectivity index (χ2v) is 6.80. The molecule has 1 saturated heterocycles. The molecule has 0 aliphatic carbocycles. The molecule has 144 valence electrons. The van der Waals surface area contributed by atoms with Crippen molar-refractivity contribution in [2.24, 2.45) is 0 Å². The van der Waals surface area contributed by atoms with Crippen LogP contribution in [0.15, 0.2) is 18.3 Å². The minimum Gasteiger partial charge on any atom is -0.447 e. The largest absolute Gasteiger partial charge is 0.447 e. The molecule has 0 atom stereocenters. The van der Waals surface area contributed by atoms with E-state index in [2.05, 4.69) is 11.9 Å². The minimum atomic E-state index is -0.379. The number of ether oxygens (including phenoxy) is 1. The number of carbonyl (C=O) groups excluding carboxylic acids is 1. The second-order valence-electron chi connectivity index (χ2n) is 6.80. The molecule has 2 rings (SSSR count). The van der Waals surface area contributed by atoms with E-state index in [0.717, 1.165) is 32.2 Å². The Bertz CT molecular complexity index is 615. The summed E-state index contributed by atoms with van der Waals surface area (Å²) in [5.74, 6) is 0.425. The molecule has 0 N–H and O–H groups in total. The third kappa shape index (κ3) is 5.06. The summed E-state index contributed by atoms with van der Waals surface area (Å²) >= 11 is 0. The van der Waals surface area contributed by atoms with E-state index in [9.17, 15) is 14.9 Å². The first-order valence-corrected chi connectivity index (χ1v) is 9.25. The minimum absolute atomic E-state index is 0.0326. The lowest BCUT2D eigenvalue weighted by atomic mass is 10.0. The van der Waals surface area contributed by atoms with Gasteiger partial charge in [0, 0.05) is 37.9 Å². The van der Waals surface area contributed by atoms with Crippen LogP contribution in [0, 0.1) is 10.1 Å². The smallest absolute Gasteiger partial charge is 0.410 e. The molecule has 0 spiro atoms. The molecule has 1 aromatic rings.